The lowest BCUT2D eigenvalue weighted by atomic mass is 10.2. The Balaban J connectivity index is 2.67. The predicted octanol–water partition coefficient (Wildman–Crippen LogP) is 1.76. The highest BCUT2D eigenvalue weighted by Gasteiger charge is 2.19. The van der Waals surface area contributed by atoms with Crippen molar-refractivity contribution in [1.82, 2.24) is 4.72 Å². The maximum Gasteiger partial charge on any atom is 0.244 e. The molecular formula is C14H24N2O4S. The summed E-state index contributed by atoms with van der Waals surface area (Å²) in [5, 5.41) is 0. The minimum absolute atomic E-state index is 0.0845. The van der Waals surface area contributed by atoms with Gasteiger partial charge in [-0.25, -0.2) is 13.1 Å². The van der Waals surface area contributed by atoms with Crippen molar-refractivity contribution in [1.29, 1.82) is 0 Å². The quantitative estimate of drug-likeness (QED) is 0.507. The molecule has 0 aromatic heterocycles. The third-order valence-electron chi connectivity index (χ3n) is 2.87. The first-order valence-electron chi connectivity index (χ1n) is 7.02. The predicted molar refractivity (Wildman–Crippen MR) is 82.9 cm³/mol. The van der Waals surface area contributed by atoms with Gasteiger partial charge in [0.05, 0.1) is 6.61 Å². The van der Waals surface area contributed by atoms with Crippen LogP contribution in [-0.2, 0) is 14.8 Å². The molecule has 1 rings (SSSR count). The number of unbranched alkanes of at least 4 members (excludes halogenated alkanes) is 2. The van der Waals surface area contributed by atoms with Crippen LogP contribution in [0.4, 0.5) is 5.69 Å². The molecule has 0 aliphatic rings. The summed E-state index contributed by atoms with van der Waals surface area (Å²) in [6, 6.07) is 4.61. The summed E-state index contributed by atoms with van der Waals surface area (Å²) < 4.78 is 37.5. The summed E-state index contributed by atoms with van der Waals surface area (Å²) in [4.78, 5) is 0.0845. The standard InChI is InChI=1S/C14H24N2O4S/c1-3-20-13-8-7-12(15)11-14(13)21(17,18)16-9-5-4-6-10-19-2/h7-8,11,16H,3-6,9-10,15H2,1-2H3. The molecule has 0 bridgehead atoms. The number of ether oxygens (including phenoxy) is 2. The van der Waals surface area contributed by atoms with Gasteiger partial charge in [-0.1, -0.05) is 0 Å². The molecule has 0 fully saturated rings. The van der Waals surface area contributed by atoms with Crippen molar-refractivity contribution < 1.29 is 17.9 Å². The van der Waals surface area contributed by atoms with Crippen molar-refractivity contribution in [3.63, 3.8) is 0 Å². The zero-order valence-corrected chi connectivity index (χ0v) is 13.4. The van der Waals surface area contributed by atoms with Gasteiger partial charge in [-0.2, -0.15) is 0 Å². The van der Waals surface area contributed by atoms with Crippen LogP contribution in [0.15, 0.2) is 23.1 Å². The van der Waals surface area contributed by atoms with Gasteiger partial charge in [-0.3, -0.25) is 0 Å². The average molecular weight is 316 g/mol. The molecule has 0 saturated carbocycles. The van der Waals surface area contributed by atoms with E-state index in [1.807, 2.05) is 0 Å². The van der Waals surface area contributed by atoms with E-state index < -0.39 is 10.0 Å². The van der Waals surface area contributed by atoms with Crippen molar-refractivity contribution in [3.8, 4) is 5.75 Å². The van der Waals surface area contributed by atoms with Crippen molar-refractivity contribution in [2.24, 2.45) is 0 Å². The van der Waals surface area contributed by atoms with E-state index in [-0.39, 0.29) is 4.90 Å². The fourth-order valence-corrected chi connectivity index (χ4v) is 3.09. The van der Waals surface area contributed by atoms with Crippen LogP contribution in [0.3, 0.4) is 0 Å². The summed E-state index contributed by atoms with van der Waals surface area (Å²) in [6.07, 6.45) is 2.58. The van der Waals surface area contributed by atoms with Crippen LogP contribution in [0.25, 0.3) is 0 Å². The first-order valence-corrected chi connectivity index (χ1v) is 8.50. The number of hydrogen-bond acceptors (Lipinski definition) is 5. The number of rotatable bonds is 10. The minimum Gasteiger partial charge on any atom is -0.492 e. The largest absolute Gasteiger partial charge is 0.492 e. The number of benzene rings is 1. The summed E-state index contributed by atoms with van der Waals surface area (Å²) >= 11 is 0. The van der Waals surface area contributed by atoms with Crippen LogP contribution >= 0.6 is 0 Å². The fourth-order valence-electron chi connectivity index (χ4n) is 1.84. The number of sulfonamides is 1. The Morgan fingerprint density at radius 2 is 2.00 bits per heavy atom. The molecule has 0 aliphatic heterocycles. The van der Waals surface area contributed by atoms with Gasteiger partial charge in [0.25, 0.3) is 0 Å². The van der Waals surface area contributed by atoms with Crippen LogP contribution in [0.2, 0.25) is 0 Å². The Morgan fingerprint density at radius 3 is 2.67 bits per heavy atom. The number of nitrogen functional groups attached to an aromatic ring is 1. The van der Waals surface area contributed by atoms with Gasteiger partial charge < -0.3 is 15.2 Å². The van der Waals surface area contributed by atoms with Crippen LogP contribution in [0.5, 0.6) is 5.75 Å². The normalized spacial score (nSPS) is 11.5. The highest BCUT2D eigenvalue weighted by Crippen LogP contribution is 2.26. The number of hydrogen-bond donors (Lipinski definition) is 2. The minimum atomic E-state index is -3.61. The lowest BCUT2D eigenvalue weighted by molar-refractivity contribution is 0.192. The monoisotopic (exact) mass is 316 g/mol. The molecule has 0 amide bonds. The van der Waals surface area contributed by atoms with E-state index in [0.29, 0.717) is 31.2 Å². The molecule has 7 heteroatoms. The summed E-state index contributed by atoms with van der Waals surface area (Å²) in [7, 11) is -1.96. The van der Waals surface area contributed by atoms with Crippen LogP contribution in [0.1, 0.15) is 26.2 Å². The molecule has 120 valence electrons. The third-order valence-corrected chi connectivity index (χ3v) is 4.36. The van der Waals surface area contributed by atoms with Gasteiger partial charge in [0.2, 0.25) is 10.0 Å². The lowest BCUT2D eigenvalue weighted by Gasteiger charge is -2.12. The molecule has 6 nitrogen and oxygen atoms in total. The Morgan fingerprint density at radius 1 is 1.24 bits per heavy atom. The smallest absolute Gasteiger partial charge is 0.244 e. The summed E-state index contributed by atoms with van der Waals surface area (Å²) in [5.41, 5.74) is 6.06. The Labute approximate surface area is 126 Å². The third kappa shape index (κ3) is 5.91. The number of methoxy groups -OCH3 is 1. The van der Waals surface area contributed by atoms with Gasteiger partial charge in [0.15, 0.2) is 0 Å². The first kappa shape index (κ1) is 17.7. The molecular weight excluding hydrogens is 292 g/mol. The second kappa shape index (κ2) is 8.86. The molecule has 0 heterocycles. The SMILES string of the molecule is CCOc1ccc(N)cc1S(=O)(=O)NCCCCCOC. The molecule has 0 unspecified atom stereocenters. The Bertz CT molecular complexity index is 532. The van der Waals surface area contributed by atoms with Gasteiger partial charge in [-0.15, -0.1) is 0 Å². The molecule has 0 radical (unpaired) electrons. The molecule has 0 aliphatic carbocycles. The van der Waals surface area contributed by atoms with E-state index in [1.54, 1.807) is 26.2 Å². The molecule has 3 N–H and O–H groups in total. The second-order valence-corrected chi connectivity index (χ2v) is 6.33. The molecule has 1 aromatic rings. The van der Waals surface area contributed by atoms with Crippen molar-refractivity contribution in [3.05, 3.63) is 18.2 Å². The maximum atomic E-state index is 12.3. The highest BCUT2D eigenvalue weighted by molar-refractivity contribution is 7.89. The van der Waals surface area contributed by atoms with E-state index in [1.165, 1.54) is 6.07 Å². The van der Waals surface area contributed by atoms with Gasteiger partial charge in [0.1, 0.15) is 10.6 Å². The van der Waals surface area contributed by atoms with E-state index in [4.69, 9.17) is 15.2 Å². The zero-order chi connectivity index (χ0) is 15.7. The van der Waals surface area contributed by atoms with Crippen molar-refractivity contribution >= 4 is 15.7 Å². The molecule has 1 aromatic carbocycles. The molecule has 0 atom stereocenters. The number of nitrogens with one attached hydrogen (secondary N) is 1. The Kier molecular flexibility index (Phi) is 7.49. The van der Waals surface area contributed by atoms with Crippen LogP contribution in [-0.4, -0.2) is 35.3 Å². The topological polar surface area (TPSA) is 90.7 Å². The average Bonchev–Trinajstić information content (AvgIpc) is 2.45. The molecule has 21 heavy (non-hydrogen) atoms. The number of anilines is 1. The summed E-state index contributed by atoms with van der Waals surface area (Å²) in [6.45, 7) is 3.27. The second-order valence-electron chi connectivity index (χ2n) is 4.59. The van der Waals surface area contributed by atoms with E-state index in [0.717, 1.165) is 19.3 Å². The van der Waals surface area contributed by atoms with E-state index in [9.17, 15) is 8.42 Å². The summed E-state index contributed by atoms with van der Waals surface area (Å²) in [5.74, 6) is 0.318. The van der Waals surface area contributed by atoms with Crippen molar-refractivity contribution in [2.45, 2.75) is 31.1 Å². The number of nitrogens with two attached hydrogens (primary N) is 1. The lowest BCUT2D eigenvalue weighted by Crippen LogP contribution is -2.25. The van der Waals surface area contributed by atoms with E-state index in [2.05, 4.69) is 4.72 Å². The van der Waals surface area contributed by atoms with Gasteiger partial charge in [0, 0.05) is 25.9 Å². The highest BCUT2D eigenvalue weighted by atomic mass is 32.2. The van der Waals surface area contributed by atoms with Crippen molar-refractivity contribution in [2.75, 3.05) is 32.6 Å². The first-order chi connectivity index (χ1) is 10.0. The zero-order valence-electron chi connectivity index (χ0n) is 12.6. The Hall–Kier alpha value is -1.31. The van der Waals surface area contributed by atoms with Crippen LogP contribution in [0, 0.1) is 0 Å². The van der Waals surface area contributed by atoms with E-state index >= 15 is 0 Å². The molecule has 0 spiro atoms. The van der Waals surface area contributed by atoms with Gasteiger partial charge in [-0.05, 0) is 44.4 Å². The maximum absolute atomic E-state index is 12.3. The fraction of sp³-hybridized carbons (Fsp3) is 0.571. The van der Waals surface area contributed by atoms with Crippen LogP contribution < -0.4 is 15.2 Å². The molecule has 0 saturated heterocycles. The van der Waals surface area contributed by atoms with Gasteiger partial charge >= 0.3 is 0 Å².